The first-order valence-corrected chi connectivity index (χ1v) is 6.70. The monoisotopic (exact) mass is 279 g/mol. The zero-order chi connectivity index (χ0) is 14.8. The van der Waals surface area contributed by atoms with E-state index in [0.29, 0.717) is 30.2 Å². The third kappa shape index (κ3) is 3.04. The molecule has 5 nitrogen and oxygen atoms in total. The van der Waals surface area contributed by atoms with E-state index in [1.54, 1.807) is 37.1 Å². The summed E-state index contributed by atoms with van der Waals surface area (Å²) >= 11 is 0. The summed E-state index contributed by atoms with van der Waals surface area (Å²) in [7, 11) is 3.09. The highest BCUT2D eigenvalue weighted by atomic mass is 16.5. The molecule has 1 aliphatic rings. The maximum Gasteiger partial charge on any atom is 0.257 e. The Balaban J connectivity index is 2.24. The number of hydrogen-bond donors (Lipinski definition) is 1. The smallest absolute Gasteiger partial charge is 0.257 e. The molecule has 0 saturated carbocycles. The van der Waals surface area contributed by atoms with Crippen LogP contribution in [0.3, 0.4) is 0 Å². The molecule has 0 aliphatic carbocycles. The van der Waals surface area contributed by atoms with Crippen LogP contribution in [0.4, 0.5) is 0 Å². The molecule has 1 amide bonds. The fraction of sp³-hybridized carbons (Fsp3) is 0.533. The standard InChI is InChI=1S/C15H21NO4/c1-15(18)7-4-8-16(10-15)14(17)12-6-5-11(19-2)9-13(12)20-3/h5-6,9,18H,4,7-8,10H2,1-3H3. The Labute approximate surface area is 119 Å². The van der Waals surface area contributed by atoms with E-state index >= 15 is 0 Å². The van der Waals surface area contributed by atoms with Gasteiger partial charge in [-0.3, -0.25) is 4.79 Å². The summed E-state index contributed by atoms with van der Waals surface area (Å²) in [5.41, 5.74) is -0.320. The number of ether oxygens (including phenoxy) is 2. The van der Waals surface area contributed by atoms with E-state index < -0.39 is 5.60 Å². The van der Waals surface area contributed by atoms with Gasteiger partial charge >= 0.3 is 0 Å². The van der Waals surface area contributed by atoms with Crippen molar-refractivity contribution >= 4 is 5.91 Å². The molecule has 1 N–H and O–H groups in total. The number of rotatable bonds is 3. The molecule has 1 saturated heterocycles. The van der Waals surface area contributed by atoms with Crippen LogP contribution in [0.5, 0.6) is 11.5 Å². The molecule has 1 fully saturated rings. The van der Waals surface area contributed by atoms with Gasteiger partial charge in [0.2, 0.25) is 0 Å². The molecular weight excluding hydrogens is 258 g/mol. The lowest BCUT2D eigenvalue weighted by molar-refractivity contribution is -0.0108. The van der Waals surface area contributed by atoms with Crippen LogP contribution in [0.25, 0.3) is 0 Å². The summed E-state index contributed by atoms with van der Waals surface area (Å²) in [6, 6.07) is 5.12. The van der Waals surface area contributed by atoms with Gasteiger partial charge in [-0.25, -0.2) is 0 Å². The van der Waals surface area contributed by atoms with Crippen molar-refractivity contribution in [2.75, 3.05) is 27.3 Å². The van der Waals surface area contributed by atoms with Crippen LogP contribution in [-0.4, -0.2) is 48.8 Å². The summed E-state index contributed by atoms with van der Waals surface area (Å²) < 4.78 is 10.4. The average molecular weight is 279 g/mol. The number of benzene rings is 1. The van der Waals surface area contributed by atoms with Gasteiger partial charge in [0.15, 0.2) is 0 Å². The minimum Gasteiger partial charge on any atom is -0.497 e. The number of β-amino-alcohol motifs (C(OH)–C–C–N with tert-alkyl or cyclic N) is 1. The minimum atomic E-state index is -0.812. The third-order valence-corrected chi connectivity index (χ3v) is 3.60. The van der Waals surface area contributed by atoms with Crippen LogP contribution in [0, 0.1) is 0 Å². The normalized spacial score (nSPS) is 22.5. The maximum absolute atomic E-state index is 12.6. The lowest BCUT2D eigenvalue weighted by atomic mass is 9.94. The van der Waals surface area contributed by atoms with Crippen molar-refractivity contribution in [3.8, 4) is 11.5 Å². The number of aliphatic hydroxyl groups is 1. The van der Waals surface area contributed by atoms with E-state index in [4.69, 9.17) is 9.47 Å². The van der Waals surface area contributed by atoms with Gasteiger partial charge in [-0.15, -0.1) is 0 Å². The Morgan fingerprint density at radius 3 is 2.70 bits per heavy atom. The fourth-order valence-corrected chi connectivity index (χ4v) is 2.54. The first-order valence-electron chi connectivity index (χ1n) is 6.70. The lowest BCUT2D eigenvalue weighted by Gasteiger charge is -2.37. The average Bonchev–Trinajstić information content (AvgIpc) is 2.44. The first kappa shape index (κ1) is 14.7. The number of piperidine rings is 1. The van der Waals surface area contributed by atoms with Crippen LogP contribution < -0.4 is 9.47 Å². The lowest BCUT2D eigenvalue weighted by Crippen LogP contribution is -2.48. The summed E-state index contributed by atoms with van der Waals surface area (Å²) in [4.78, 5) is 14.2. The zero-order valence-corrected chi connectivity index (χ0v) is 12.2. The molecule has 1 aromatic carbocycles. The van der Waals surface area contributed by atoms with E-state index in [1.165, 1.54) is 7.11 Å². The number of carbonyl (C=O) groups is 1. The van der Waals surface area contributed by atoms with Crippen molar-refractivity contribution in [1.82, 2.24) is 4.90 Å². The van der Waals surface area contributed by atoms with Crippen LogP contribution in [0.15, 0.2) is 18.2 Å². The quantitative estimate of drug-likeness (QED) is 0.914. The second-order valence-corrected chi connectivity index (χ2v) is 5.39. The molecule has 5 heteroatoms. The Morgan fingerprint density at radius 2 is 2.10 bits per heavy atom. The van der Waals surface area contributed by atoms with Gasteiger partial charge in [0.05, 0.1) is 25.4 Å². The van der Waals surface area contributed by atoms with Crippen molar-refractivity contribution in [3.63, 3.8) is 0 Å². The van der Waals surface area contributed by atoms with Gasteiger partial charge in [-0.1, -0.05) is 0 Å². The van der Waals surface area contributed by atoms with Crippen molar-refractivity contribution < 1.29 is 19.4 Å². The molecule has 20 heavy (non-hydrogen) atoms. The summed E-state index contributed by atoms with van der Waals surface area (Å²) in [6.07, 6.45) is 1.52. The number of hydrogen-bond acceptors (Lipinski definition) is 4. The summed E-state index contributed by atoms with van der Waals surface area (Å²) in [6.45, 7) is 2.77. The predicted octanol–water partition coefficient (Wildman–Crippen LogP) is 1.69. The molecule has 0 bridgehead atoms. The Bertz CT molecular complexity index is 499. The largest absolute Gasteiger partial charge is 0.497 e. The van der Waals surface area contributed by atoms with Crippen LogP contribution in [0.2, 0.25) is 0 Å². The molecule has 1 aliphatic heterocycles. The van der Waals surface area contributed by atoms with Crippen LogP contribution in [0.1, 0.15) is 30.1 Å². The number of likely N-dealkylation sites (tertiary alicyclic amines) is 1. The van der Waals surface area contributed by atoms with Crippen LogP contribution >= 0.6 is 0 Å². The number of carbonyl (C=O) groups excluding carboxylic acids is 1. The van der Waals surface area contributed by atoms with E-state index in [-0.39, 0.29) is 5.91 Å². The Kier molecular flexibility index (Phi) is 4.18. The molecule has 0 aromatic heterocycles. The number of amides is 1. The van der Waals surface area contributed by atoms with Gasteiger partial charge in [0.1, 0.15) is 11.5 Å². The Hall–Kier alpha value is -1.75. The second kappa shape index (κ2) is 5.71. The van der Waals surface area contributed by atoms with Crippen molar-refractivity contribution in [2.45, 2.75) is 25.4 Å². The topological polar surface area (TPSA) is 59.0 Å². The first-order chi connectivity index (χ1) is 9.46. The molecular formula is C15H21NO4. The van der Waals surface area contributed by atoms with E-state index in [2.05, 4.69) is 0 Å². The Morgan fingerprint density at radius 1 is 1.35 bits per heavy atom. The van der Waals surface area contributed by atoms with Crippen molar-refractivity contribution in [2.24, 2.45) is 0 Å². The van der Waals surface area contributed by atoms with Crippen LogP contribution in [-0.2, 0) is 0 Å². The molecule has 1 atom stereocenters. The van der Waals surface area contributed by atoms with Crippen molar-refractivity contribution in [1.29, 1.82) is 0 Å². The molecule has 1 unspecified atom stereocenters. The van der Waals surface area contributed by atoms with Gasteiger partial charge in [0, 0.05) is 19.2 Å². The van der Waals surface area contributed by atoms with E-state index in [9.17, 15) is 9.90 Å². The van der Waals surface area contributed by atoms with E-state index in [1.807, 2.05) is 0 Å². The molecule has 2 rings (SSSR count). The number of nitrogens with zero attached hydrogens (tertiary/aromatic N) is 1. The van der Waals surface area contributed by atoms with Gasteiger partial charge < -0.3 is 19.5 Å². The summed E-state index contributed by atoms with van der Waals surface area (Å²) in [5, 5.41) is 10.1. The molecule has 0 radical (unpaired) electrons. The maximum atomic E-state index is 12.6. The SMILES string of the molecule is COc1ccc(C(=O)N2CCCC(C)(O)C2)c(OC)c1. The van der Waals surface area contributed by atoms with Gasteiger partial charge in [0.25, 0.3) is 5.91 Å². The second-order valence-electron chi connectivity index (χ2n) is 5.39. The van der Waals surface area contributed by atoms with Crippen molar-refractivity contribution in [3.05, 3.63) is 23.8 Å². The summed E-state index contributed by atoms with van der Waals surface area (Å²) in [5.74, 6) is 1.01. The third-order valence-electron chi connectivity index (χ3n) is 3.60. The molecule has 110 valence electrons. The van der Waals surface area contributed by atoms with Gasteiger partial charge in [-0.05, 0) is 31.9 Å². The fourth-order valence-electron chi connectivity index (χ4n) is 2.54. The highest BCUT2D eigenvalue weighted by Crippen LogP contribution is 2.28. The molecule has 0 spiro atoms. The predicted molar refractivity (Wildman–Crippen MR) is 75.3 cm³/mol. The minimum absolute atomic E-state index is 0.121. The molecule has 1 heterocycles. The van der Waals surface area contributed by atoms with Gasteiger partial charge in [-0.2, -0.15) is 0 Å². The highest BCUT2D eigenvalue weighted by Gasteiger charge is 2.32. The molecule has 1 aromatic rings. The highest BCUT2D eigenvalue weighted by molar-refractivity contribution is 5.97. The van der Waals surface area contributed by atoms with E-state index in [0.717, 1.165) is 12.8 Å². The number of methoxy groups -OCH3 is 2. The zero-order valence-electron chi connectivity index (χ0n) is 12.2.